The molecule has 2 atom stereocenters. The molecule has 0 bridgehead atoms. The van der Waals surface area contributed by atoms with E-state index in [4.69, 9.17) is 4.74 Å². The molecule has 0 fully saturated rings. The van der Waals surface area contributed by atoms with Gasteiger partial charge in [-0.3, -0.25) is 4.90 Å². The first-order chi connectivity index (χ1) is 8.60. The highest BCUT2D eigenvalue weighted by Crippen LogP contribution is 2.30. The Balaban J connectivity index is 2.33. The van der Waals surface area contributed by atoms with E-state index in [-0.39, 0.29) is 12.0 Å². The van der Waals surface area contributed by atoms with E-state index in [9.17, 15) is 4.79 Å². The van der Waals surface area contributed by atoms with E-state index >= 15 is 0 Å². The van der Waals surface area contributed by atoms with E-state index in [1.54, 1.807) is 0 Å². The van der Waals surface area contributed by atoms with Gasteiger partial charge in [-0.25, -0.2) is 4.79 Å². The summed E-state index contributed by atoms with van der Waals surface area (Å²) in [6, 6.07) is 10.3. The SMILES string of the molecule is COC(=O)[C@@]1(Cc2ccccc2)C=C[C@@H](C)N1C. The Labute approximate surface area is 108 Å². The fraction of sp³-hybridized carbons (Fsp3) is 0.400. The third-order valence-corrected chi connectivity index (χ3v) is 3.75. The fourth-order valence-electron chi connectivity index (χ4n) is 2.46. The molecule has 1 aliphatic rings. The fourth-order valence-corrected chi connectivity index (χ4v) is 2.46. The second-order valence-electron chi connectivity index (χ2n) is 4.79. The molecule has 1 heterocycles. The van der Waals surface area contributed by atoms with Crippen LogP contribution in [-0.4, -0.2) is 36.6 Å². The quantitative estimate of drug-likeness (QED) is 0.603. The summed E-state index contributed by atoms with van der Waals surface area (Å²) in [7, 11) is 3.41. The predicted octanol–water partition coefficient (Wildman–Crippen LogP) is 2.03. The van der Waals surface area contributed by atoms with Crippen molar-refractivity contribution in [3.63, 3.8) is 0 Å². The van der Waals surface area contributed by atoms with E-state index in [0.29, 0.717) is 6.42 Å². The summed E-state index contributed by atoms with van der Waals surface area (Å²) in [5.74, 6) is -0.200. The van der Waals surface area contributed by atoms with Crippen LogP contribution >= 0.6 is 0 Å². The smallest absolute Gasteiger partial charge is 0.330 e. The lowest BCUT2D eigenvalue weighted by molar-refractivity contribution is -0.151. The van der Waals surface area contributed by atoms with Crippen LogP contribution in [0.3, 0.4) is 0 Å². The van der Waals surface area contributed by atoms with Gasteiger partial charge in [-0.15, -0.1) is 0 Å². The van der Waals surface area contributed by atoms with Crippen molar-refractivity contribution in [2.24, 2.45) is 0 Å². The van der Waals surface area contributed by atoms with E-state index in [1.807, 2.05) is 43.5 Å². The minimum absolute atomic E-state index is 0.200. The first-order valence-corrected chi connectivity index (χ1v) is 6.15. The van der Waals surface area contributed by atoms with Gasteiger partial charge in [0.15, 0.2) is 0 Å². The van der Waals surface area contributed by atoms with Gasteiger partial charge in [0.05, 0.1) is 7.11 Å². The summed E-state index contributed by atoms with van der Waals surface area (Å²) < 4.78 is 5.00. The lowest BCUT2D eigenvalue weighted by Gasteiger charge is -2.35. The number of carbonyl (C=O) groups excluding carboxylic acids is 1. The number of likely N-dealkylation sites (N-methyl/N-ethyl adjacent to an activating group) is 1. The van der Waals surface area contributed by atoms with Crippen molar-refractivity contribution in [2.45, 2.75) is 24.9 Å². The monoisotopic (exact) mass is 245 g/mol. The number of hydrogen-bond acceptors (Lipinski definition) is 3. The van der Waals surface area contributed by atoms with Gasteiger partial charge in [0.25, 0.3) is 0 Å². The Kier molecular flexibility index (Phi) is 3.53. The molecular weight excluding hydrogens is 226 g/mol. The van der Waals surface area contributed by atoms with Crippen molar-refractivity contribution in [3.8, 4) is 0 Å². The standard InChI is InChI=1S/C15H19NO2/c1-12-9-10-15(16(12)2,14(17)18-3)11-13-7-5-4-6-8-13/h4-10,12H,11H2,1-3H3/t12-,15+/m1/s1. The molecule has 0 amide bonds. The Morgan fingerprint density at radius 2 is 2.06 bits per heavy atom. The molecule has 0 saturated carbocycles. The highest BCUT2D eigenvalue weighted by molar-refractivity contribution is 5.84. The molecule has 96 valence electrons. The Morgan fingerprint density at radius 3 is 2.56 bits per heavy atom. The molecule has 0 aromatic heterocycles. The number of hydrogen-bond donors (Lipinski definition) is 0. The largest absolute Gasteiger partial charge is 0.467 e. The molecule has 0 radical (unpaired) electrons. The molecule has 3 heteroatoms. The molecule has 18 heavy (non-hydrogen) atoms. The molecule has 2 rings (SSSR count). The van der Waals surface area contributed by atoms with Crippen LogP contribution < -0.4 is 0 Å². The van der Waals surface area contributed by atoms with E-state index < -0.39 is 5.54 Å². The minimum atomic E-state index is -0.671. The molecule has 1 aromatic carbocycles. The number of esters is 1. The molecule has 1 aromatic rings. The zero-order chi connectivity index (χ0) is 13.2. The molecule has 1 aliphatic heterocycles. The van der Waals surface area contributed by atoms with Gasteiger partial charge in [0.2, 0.25) is 0 Å². The maximum absolute atomic E-state index is 12.2. The van der Waals surface area contributed by atoms with Crippen molar-refractivity contribution in [1.82, 2.24) is 4.90 Å². The zero-order valence-corrected chi connectivity index (χ0v) is 11.1. The number of nitrogens with zero attached hydrogens (tertiary/aromatic N) is 1. The summed E-state index contributed by atoms with van der Waals surface area (Å²) in [6.07, 6.45) is 4.66. The number of ether oxygens (including phenoxy) is 1. The van der Waals surface area contributed by atoms with Crippen LogP contribution in [0.5, 0.6) is 0 Å². The zero-order valence-electron chi connectivity index (χ0n) is 11.1. The second kappa shape index (κ2) is 4.94. The van der Waals surface area contributed by atoms with Gasteiger partial charge >= 0.3 is 5.97 Å². The highest BCUT2D eigenvalue weighted by Gasteiger charge is 2.45. The van der Waals surface area contributed by atoms with Crippen molar-refractivity contribution in [3.05, 3.63) is 48.0 Å². The first kappa shape index (κ1) is 12.8. The van der Waals surface area contributed by atoms with Gasteiger partial charge in [0.1, 0.15) is 5.54 Å². The van der Waals surface area contributed by atoms with Crippen LogP contribution in [0, 0.1) is 0 Å². The predicted molar refractivity (Wildman–Crippen MR) is 71.3 cm³/mol. The molecule has 0 saturated heterocycles. The van der Waals surface area contributed by atoms with Gasteiger partial charge in [-0.2, -0.15) is 0 Å². The second-order valence-corrected chi connectivity index (χ2v) is 4.79. The number of carbonyl (C=O) groups is 1. The third-order valence-electron chi connectivity index (χ3n) is 3.75. The summed E-state index contributed by atoms with van der Waals surface area (Å²) in [4.78, 5) is 14.2. The Hall–Kier alpha value is -1.61. The van der Waals surface area contributed by atoms with Crippen LogP contribution in [0.1, 0.15) is 12.5 Å². The highest BCUT2D eigenvalue weighted by atomic mass is 16.5. The van der Waals surface area contributed by atoms with Crippen LogP contribution in [0.2, 0.25) is 0 Å². The average Bonchev–Trinajstić information content (AvgIpc) is 2.68. The Bertz CT molecular complexity index is 455. The van der Waals surface area contributed by atoms with Crippen LogP contribution in [-0.2, 0) is 16.0 Å². The lowest BCUT2D eigenvalue weighted by Crippen LogP contribution is -2.53. The van der Waals surface area contributed by atoms with Gasteiger partial charge in [-0.1, -0.05) is 42.5 Å². The number of methoxy groups -OCH3 is 1. The maximum atomic E-state index is 12.2. The minimum Gasteiger partial charge on any atom is -0.467 e. The molecule has 0 unspecified atom stereocenters. The van der Waals surface area contributed by atoms with Gasteiger partial charge in [-0.05, 0) is 19.5 Å². The van der Waals surface area contributed by atoms with Crippen molar-refractivity contribution in [1.29, 1.82) is 0 Å². The normalized spacial score (nSPS) is 27.4. The molecule has 0 aliphatic carbocycles. The average molecular weight is 245 g/mol. The summed E-state index contributed by atoms with van der Waals surface area (Å²) in [5, 5.41) is 0. The Morgan fingerprint density at radius 1 is 1.39 bits per heavy atom. The van der Waals surface area contributed by atoms with Crippen molar-refractivity contribution >= 4 is 5.97 Å². The topological polar surface area (TPSA) is 29.5 Å². The maximum Gasteiger partial charge on any atom is 0.330 e. The molecular formula is C15H19NO2. The van der Waals surface area contributed by atoms with Crippen molar-refractivity contribution in [2.75, 3.05) is 14.2 Å². The number of rotatable bonds is 3. The third kappa shape index (κ3) is 2.06. The summed E-state index contributed by atoms with van der Waals surface area (Å²) in [6.45, 7) is 2.08. The molecule has 0 spiro atoms. The number of benzene rings is 1. The van der Waals surface area contributed by atoms with E-state index in [1.165, 1.54) is 7.11 Å². The van der Waals surface area contributed by atoms with Crippen molar-refractivity contribution < 1.29 is 9.53 Å². The van der Waals surface area contributed by atoms with Crippen LogP contribution in [0.4, 0.5) is 0 Å². The van der Waals surface area contributed by atoms with E-state index in [2.05, 4.69) is 17.9 Å². The summed E-state index contributed by atoms with van der Waals surface area (Å²) >= 11 is 0. The summed E-state index contributed by atoms with van der Waals surface area (Å²) in [5.41, 5.74) is 0.462. The van der Waals surface area contributed by atoms with Gasteiger partial charge < -0.3 is 4.74 Å². The van der Waals surface area contributed by atoms with Crippen LogP contribution in [0.25, 0.3) is 0 Å². The first-order valence-electron chi connectivity index (χ1n) is 6.15. The molecule has 3 nitrogen and oxygen atoms in total. The van der Waals surface area contributed by atoms with E-state index in [0.717, 1.165) is 5.56 Å². The van der Waals surface area contributed by atoms with Crippen LogP contribution in [0.15, 0.2) is 42.5 Å². The van der Waals surface area contributed by atoms with Gasteiger partial charge in [0, 0.05) is 12.5 Å². The lowest BCUT2D eigenvalue weighted by atomic mass is 9.90. The molecule has 0 N–H and O–H groups in total.